The fourth-order valence-corrected chi connectivity index (χ4v) is 0.917. The Morgan fingerprint density at radius 2 is 1.90 bits per heavy atom. The van der Waals surface area contributed by atoms with Crippen LogP contribution in [0.15, 0.2) is 24.3 Å². The van der Waals surface area contributed by atoms with Gasteiger partial charge in [0.15, 0.2) is 0 Å². The van der Waals surface area contributed by atoms with Gasteiger partial charge in [0.2, 0.25) is 0 Å². The van der Waals surface area contributed by atoms with Crippen molar-refractivity contribution < 1.29 is 8.90 Å². The number of benzene rings is 1. The van der Waals surface area contributed by atoms with E-state index in [9.17, 15) is 8.90 Å². The number of halogens is 1. The highest BCUT2D eigenvalue weighted by Gasteiger charge is 1.93. The van der Waals surface area contributed by atoms with E-state index in [2.05, 4.69) is 0 Å². The zero-order valence-electron chi connectivity index (χ0n) is 5.17. The third-order valence-corrected chi connectivity index (χ3v) is 1.71. The van der Waals surface area contributed by atoms with Gasteiger partial charge in [-0.15, -0.1) is 0 Å². The lowest BCUT2D eigenvalue weighted by Crippen LogP contribution is -2.08. The van der Waals surface area contributed by atoms with E-state index in [1.807, 2.05) is 0 Å². The molecule has 0 saturated carbocycles. The molecule has 1 nitrogen and oxygen atoms in total. The highest BCUT2D eigenvalue weighted by molar-refractivity contribution is 6.46. The van der Waals surface area contributed by atoms with Crippen molar-refractivity contribution in [2.24, 2.45) is 0 Å². The summed E-state index contributed by atoms with van der Waals surface area (Å²) in [5, 5.41) is 0.630. The van der Waals surface area contributed by atoms with E-state index >= 15 is 0 Å². The van der Waals surface area contributed by atoms with E-state index in [4.69, 9.17) is 0 Å². The second-order valence-electron chi connectivity index (χ2n) is 1.83. The zero-order valence-corrected chi connectivity index (χ0v) is 6.17. The van der Waals surface area contributed by atoms with E-state index in [-0.39, 0.29) is 0 Å². The van der Waals surface area contributed by atoms with Gasteiger partial charge >= 0.3 is 9.85 Å². The molecular weight excluding hydrogens is 147 g/mol. The molecule has 1 aromatic rings. The predicted octanol–water partition coefficient (Wildman–Crippen LogP) is 0.713. The summed E-state index contributed by atoms with van der Waals surface area (Å²) in [4.78, 5) is 10.1. The van der Waals surface area contributed by atoms with E-state index in [1.165, 1.54) is 0 Å². The molecule has 0 unspecified atom stereocenters. The normalized spacial score (nSPS) is 9.30. The number of rotatable bonds is 2. The van der Waals surface area contributed by atoms with E-state index in [0.29, 0.717) is 10.8 Å². The van der Waals surface area contributed by atoms with Crippen LogP contribution in [0.25, 0.3) is 0 Å². The molecule has 1 aromatic carbocycles. The Balaban J connectivity index is 2.90. The Labute approximate surface area is 60.9 Å². The topological polar surface area (TPSA) is 17.1 Å². The smallest absolute Gasteiger partial charge is 0.308 e. The third-order valence-electron chi connectivity index (χ3n) is 1.16. The van der Waals surface area contributed by atoms with E-state index in [0.717, 1.165) is 6.29 Å². The van der Waals surface area contributed by atoms with Gasteiger partial charge in [-0.05, 0) is 5.19 Å². The molecule has 0 aliphatic rings. The van der Waals surface area contributed by atoms with Crippen LogP contribution < -0.4 is 5.19 Å². The van der Waals surface area contributed by atoms with Gasteiger partial charge < -0.3 is 4.11 Å². The van der Waals surface area contributed by atoms with Crippen molar-refractivity contribution in [1.29, 1.82) is 0 Å². The molecule has 0 aliphatic heterocycles. The Bertz CT molecular complexity index is 220. The number of hydrogen-bond acceptors (Lipinski definition) is 1. The average molecular weight is 152 g/mol. The lowest BCUT2D eigenvalue weighted by molar-refractivity contribution is 0.112. The number of carbonyl (C=O) groups is 1. The maximum atomic E-state index is 11.9. The van der Waals surface area contributed by atoms with Gasteiger partial charge in [-0.3, -0.25) is 4.79 Å². The molecule has 1 rings (SSSR count). The molecule has 50 valence electrons. The van der Waals surface area contributed by atoms with Crippen molar-refractivity contribution in [3.05, 3.63) is 29.8 Å². The van der Waals surface area contributed by atoms with E-state index in [1.54, 1.807) is 24.3 Å². The molecule has 0 heterocycles. The largest absolute Gasteiger partial charge is 0.333 e. The molecule has 0 saturated heterocycles. The number of hydrogen-bond donors (Lipinski definition) is 0. The highest BCUT2D eigenvalue weighted by atomic mass is 28.3. The fourth-order valence-electron chi connectivity index (χ4n) is 0.625. The van der Waals surface area contributed by atoms with Gasteiger partial charge in [-0.2, -0.15) is 0 Å². The second kappa shape index (κ2) is 3.27. The summed E-state index contributed by atoms with van der Waals surface area (Å²) in [5.74, 6) is 0. The monoisotopic (exact) mass is 152 g/mol. The minimum Gasteiger partial charge on any atom is -0.308 e. The Hall–Kier alpha value is -0.963. The lowest BCUT2D eigenvalue weighted by atomic mass is 10.2. The van der Waals surface area contributed by atoms with Crippen LogP contribution in [-0.2, 0) is 0 Å². The highest BCUT2D eigenvalue weighted by Crippen LogP contribution is 1.90. The van der Waals surface area contributed by atoms with Crippen molar-refractivity contribution in [3.8, 4) is 0 Å². The Morgan fingerprint density at radius 1 is 1.30 bits per heavy atom. The number of aldehydes is 1. The summed E-state index contributed by atoms with van der Waals surface area (Å²) in [6.45, 7) is 0. The average Bonchev–Trinajstić information content (AvgIpc) is 2.05. The van der Waals surface area contributed by atoms with Crippen molar-refractivity contribution in [2.75, 3.05) is 0 Å². The van der Waals surface area contributed by atoms with Crippen LogP contribution in [0.5, 0.6) is 0 Å². The minimum absolute atomic E-state index is 0.585. The van der Waals surface area contributed by atoms with Gasteiger partial charge in [0, 0.05) is 5.56 Å². The molecule has 2 radical (unpaired) electrons. The van der Waals surface area contributed by atoms with Crippen molar-refractivity contribution in [1.82, 2.24) is 0 Å². The zero-order chi connectivity index (χ0) is 7.40. The quantitative estimate of drug-likeness (QED) is 0.346. The maximum Gasteiger partial charge on any atom is 0.333 e. The minimum atomic E-state index is -0.688. The van der Waals surface area contributed by atoms with Crippen LogP contribution in [0.1, 0.15) is 10.4 Å². The van der Waals surface area contributed by atoms with Crippen molar-refractivity contribution >= 4 is 21.3 Å². The molecule has 0 aromatic heterocycles. The fraction of sp³-hybridized carbons (Fsp3) is 0. The van der Waals surface area contributed by atoms with Crippen molar-refractivity contribution in [3.63, 3.8) is 0 Å². The van der Waals surface area contributed by atoms with Gasteiger partial charge in [0.1, 0.15) is 6.29 Å². The first kappa shape index (κ1) is 7.15. The predicted molar refractivity (Wildman–Crippen MR) is 38.3 cm³/mol. The van der Waals surface area contributed by atoms with Crippen LogP contribution in [0, 0.1) is 0 Å². The van der Waals surface area contributed by atoms with Crippen LogP contribution >= 0.6 is 0 Å². The van der Waals surface area contributed by atoms with Gasteiger partial charge in [0.05, 0.1) is 0 Å². The van der Waals surface area contributed by atoms with Crippen LogP contribution in [0.4, 0.5) is 4.11 Å². The molecule has 10 heavy (non-hydrogen) atoms. The molecule has 0 N–H and O–H groups in total. The van der Waals surface area contributed by atoms with Gasteiger partial charge in [0.25, 0.3) is 0 Å². The molecule has 0 spiro atoms. The van der Waals surface area contributed by atoms with Crippen LogP contribution in [0.2, 0.25) is 0 Å². The van der Waals surface area contributed by atoms with Gasteiger partial charge in [-0.25, -0.2) is 0 Å². The summed E-state index contributed by atoms with van der Waals surface area (Å²) in [7, 11) is -0.688. The molecular formula is C7H5FOSi. The molecule has 0 aliphatic carbocycles. The standard InChI is InChI=1S/C7H5FOSi/c8-10-7-3-1-6(5-9)2-4-7/h1-5H. The van der Waals surface area contributed by atoms with E-state index < -0.39 is 9.85 Å². The van der Waals surface area contributed by atoms with Crippen LogP contribution in [-0.4, -0.2) is 16.1 Å². The van der Waals surface area contributed by atoms with Gasteiger partial charge in [-0.1, -0.05) is 24.3 Å². The lowest BCUT2D eigenvalue weighted by Gasteiger charge is -1.90. The molecule has 0 fully saturated rings. The summed E-state index contributed by atoms with van der Waals surface area (Å²) in [5.41, 5.74) is 0.585. The first-order valence-corrected chi connectivity index (χ1v) is 3.66. The summed E-state index contributed by atoms with van der Waals surface area (Å²) in [6, 6.07) is 6.44. The maximum absolute atomic E-state index is 11.9. The molecule has 0 amide bonds. The summed E-state index contributed by atoms with van der Waals surface area (Å²) >= 11 is 0. The molecule has 3 heteroatoms. The molecule has 0 atom stereocenters. The Morgan fingerprint density at radius 3 is 2.30 bits per heavy atom. The third kappa shape index (κ3) is 1.51. The first-order chi connectivity index (χ1) is 4.86. The SMILES string of the molecule is O=Cc1ccc([Si]F)cc1. The number of carbonyl (C=O) groups excluding carboxylic acids is 1. The van der Waals surface area contributed by atoms with Crippen LogP contribution in [0.3, 0.4) is 0 Å². The summed E-state index contributed by atoms with van der Waals surface area (Å²) < 4.78 is 11.9. The first-order valence-electron chi connectivity index (χ1n) is 2.78. The van der Waals surface area contributed by atoms with Crippen molar-refractivity contribution in [2.45, 2.75) is 0 Å². The second-order valence-corrected chi connectivity index (χ2v) is 2.60. The Kier molecular flexibility index (Phi) is 2.34. The molecule has 0 bridgehead atoms. The summed E-state index contributed by atoms with van der Waals surface area (Å²) in [6.07, 6.45) is 0.741.